The summed E-state index contributed by atoms with van der Waals surface area (Å²) in [6.45, 7) is 11.1. The van der Waals surface area contributed by atoms with E-state index in [9.17, 15) is 0 Å². The number of nitrogens with one attached hydrogen (secondary N) is 1. The topological polar surface area (TPSA) is 21.3 Å². The number of rotatable bonds is 6. The Morgan fingerprint density at radius 3 is 2.69 bits per heavy atom. The molecule has 1 aliphatic heterocycles. The van der Waals surface area contributed by atoms with E-state index in [1.807, 2.05) is 0 Å². The zero-order chi connectivity index (χ0) is 12.0. The Balaban J connectivity index is 2.56. The van der Waals surface area contributed by atoms with Crippen molar-refractivity contribution in [2.45, 2.75) is 71.4 Å². The van der Waals surface area contributed by atoms with Crippen molar-refractivity contribution in [2.24, 2.45) is 5.92 Å². The van der Waals surface area contributed by atoms with Crippen LogP contribution < -0.4 is 5.32 Å². The van der Waals surface area contributed by atoms with E-state index in [1.54, 1.807) is 0 Å². The molecule has 2 nitrogen and oxygen atoms in total. The molecule has 0 spiro atoms. The number of hydrogen-bond donors (Lipinski definition) is 1. The lowest BCUT2D eigenvalue weighted by Crippen LogP contribution is -2.47. The van der Waals surface area contributed by atoms with Gasteiger partial charge in [0, 0.05) is 12.6 Å². The van der Waals surface area contributed by atoms with E-state index in [4.69, 9.17) is 4.74 Å². The molecular formula is C14H29NO. The van der Waals surface area contributed by atoms with E-state index in [2.05, 4.69) is 33.0 Å². The van der Waals surface area contributed by atoms with Gasteiger partial charge in [-0.1, -0.05) is 34.1 Å². The average Bonchev–Trinajstić information content (AvgIpc) is 2.30. The Hall–Kier alpha value is -0.0800. The van der Waals surface area contributed by atoms with Gasteiger partial charge in [-0.25, -0.2) is 0 Å². The highest BCUT2D eigenvalue weighted by Crippen LogP contribution is 2.35. The smallest absolute Gasteiger partial charge is 0.0697 e. The van der Waals surface area contributed by atoms with Crippen molar-refractivity contribution in [3.63, 3.8) is 0 Å². The van der Waals surface area contributed by atoms with Crippen LogP contribution in [0.2, 0.25) is 0 Å². The highest BCUT2D eigenvalue weighted by Gasteiger charge is 2.36. The lowest BCUT2D eigenvalue weighted by Gasteiger charge is -2.42. The van der Waals surface area contributed by atoms with Crippen LogP contribution in [0.25, 0.3) is 0 Å². The SMILES string of the molecule is CCNC1CCOC(CC)(CC(C)CC)C1. The van der Waals surface area contributed by atoms with Crippen molar-refractivity contribution >= 4 is 0 Å². The molecule has 16 heavy (non-hydrogen) atoms. The summed E-state index contributed by atoms with van der Waals surface area (Å²) in [7, 11) is 0. The summed E-state index contributed by atoms with van der Waals surface area (Å²) >= 11 is 0. The summed E-state index contributed by atoms with van der Waals surface area (Å²) in [5.74, 6) is 0.778. The predicted molar refractivity (Wildman–Crippen MR) is 69.7 cm³/mol. The van der Waals surface area contributed by atoms with Gasteiger partial charge in [0.25, 0.3) is 0 Å². The summed E-state index contributed by atoms with van der Waals surface area (Å²) < 4.78 is 6.12. The van der Waals surface area contributed by atoms with Crippen LogP contribution in [0.3, 0.4) is 0 Å². The second-order valence-corrected chi connectivity index (χ2v) is 5.35. The number of ether oxygens (including phenoxy) is 1. The molecule has 0 bridgehead atoms. The van der Waals surface area contributed by atoms with E-state index >= 15 is 0 Å². The fourth-order valence-electron chi connectivity index (χ4n) is 2.80. The molecule has 0 aromatic rings. The van der Waals surface area contributed by atoms with Crippen LogP contribution in [0.5, 0.6) is 0 Å². The summed E-state index contributed by atoms with van der Waals surface area (Å²) in [4.78, 5) is 0. The molecule has 3 atom stereocenters. The average molecular weight is 227 g/mol. The minimum Gasteiger partial charge on any atom is -0.375 e. The lowest BCUT2D eigenvalue weighted by molar-refractivity contribution is -0.103. The van der Waals surface area contributed by atoms with Gasteiger partial charge < -0.3 is 10.1 Å². The first-order valence-electron chi connectivity index (χ1n) is 7.03. The van der Waals surface area contributed by atoms with Gasteiger partial charge in [-0.3, -0.25) is 0 Å². The van der Waals surface area contributed by atoms with Gasteiger partial charge in [-0.2, -0.15) is 0 Å². The molecule has 1 fully saturated rings. The maximum absolute atomic E-state index is 6.12. The van der Waals surface area contributed by atoms with Crippen LogP contribution in [-0.4, -0.2) is 24.8 Å². The molecule has 0 aliphatic carbocycles. The highest BCUT2D eigenvalue weighted by atomic mass is 16.5. The highest BCUT2D eigenvalue weighted by molar-refractivity contribution is 4.90. The Morgan fingerprint density at radius 2 is 2.12 bits per heavy atom. The second-order valence-electron chi connectivity index (χ2n) is 5.35. The Labute approximate surface area is 101 Å². The van der Waals surface area contributed by atoms with Crippen molar-refractivity contribution in [3.8, 4) is 0 Å². The van der Waals surface area contributed by atoms with Crippen molar-refractivity contribution in [2.75, 3.05) is 13.2 Å². The monoisotopic (exact) mass is 227 g/mol. The van der Waals surface area contributed by atoms with Gasteiger partial charge in [0.05, 0.1) is 5.60 Å². The maximum atomic E-state index is 6.12. The van der Waals surface area contributed by atoms with Crippen molar-refractivity contribution in [1.29, 1.82) is 0 Å². The Kier molecular flexibility index (Phi) is 5.77. The molecule has 1 aliphatic rings. The molecule has 96 valence electrons. The Morgan fingerprint density at radius 1 is 1.38 bits per heavy atom. The van der Waals surface area contributed by atoms with Gasteiger partial charge in [-0.05, 0) is 38.1 Å². The molecule has 3 unspecified atom stereocenters. The van der Waals surface area contributed by atoms with Crippen LogP contribution in [0.1, 0.15) is 59.8 Å². The molecule has 1 N–H and O–H groups in total. The van der Waals surface area contributed by atoms with E-state index < -0.39 is 0 Å². The summed E-state index contributed by atoms with van der Waals surface area (Å²) in [5, 5.41) is 3.58. The third kappa shape index (κ3) is 3.74. The molecule has 1 rings (SSSR count). The van der Waals surface area contributed by atoms with Crippen LogP contribution in [0, 0.1) is 5.92 Å². The lowest BCUT2D eigenvalue weighted by atomic mass is 9.80. The van der Waals surface area contributed by atoms with Gasteiger partial charge in [0.2, 0.25) is 0 Å². The summed E-state index contributed by atoms with van der Waals surface area (Å²) in [5.41, 5.74) is 0.153. The fraction of sp³-hybridized carbons (Fsp3) is 1.00. The first-order chi connectivity index (χ1) is 7.65. The molecule has 0 saturated carbocycles. The Bertz CT molecular complexity index is 193. The van der Waals surface area contributed by atoms with Crippen LogP contribution in [0.15, 0.2) is 0 Å². The molecular weight excluding hydrogens is 198 g/mol. The van der Waals surface area contributed by atoms with Crippen LogP contribution in [-0.2, 0) is 4.74 Å². The first kappa shape index (κ1) is 14.0. The van der Waals surface area contributed by atoms with Gasteiger partial charge in [-0.15, -0.1) is 0 Å². The van der Waals surface area contributed by atoms with Crippen molar-refractivity contribution in [1.82, 2.24) is 5.32 Å². The molecule has 0 radical (unpaired) electrons. The fourth-order valence-corrected chi connectivity index (χ4v) is 2.80. The minimum absolute atomic E-state index is 0.153. The summed E-state index contributed by atoms with van der Waals surface area (Å²) in [6, 6.07) is 0.669. The second kappa shape index (κ2) is 6.61. The molecule has 0 aromatic heterocycles. The van der Waals surface area contributed by atoms with Gasteiger partial charge in [0.15, 0.2) is 0 Å². The molecule has 0 amide bonds. The van der Waals surface area contributed by atoms with Crippen LogP contribution >= 0.6 is 0 Å². The third-order valence-corrected chi connectivity index (χ3v) is 4.05. The van der Waals surface area contributed by atoms with E-state index in [1.165, 1.54) is 25.7 Å². The van der Waals surface area contributed by atoms with Gasteiger partial charge >= 0.3 is 0 Å². The normalized spacial score (nSPS) is 32.6. The summed E-state index contributed by atoms with van der Waals surface area (Å²) in [6.07, 6.45) is 6.01. The predicted octanol–water partition coefficient (Wildman–Crippen LogP) is 3.36. The number of hydrogen-bond acceptors (Lipinski definition) is 2. The standard InChI is InChI=1S/C14H29NO/c1-5-12(4)10-14(6-2)11-13(15-7-3)8-9-16-14/h12-13,15H,5-11H2,1-4H3. The van der Waals surface area contributed by atoms with E-state index in [-0.39, 0.29) is 5.60 Å². The quantitative estimate of drug-likeness (QED) is 0.751. The van der Waals surface area contributed by atoms with Crippen LogP contribution in [0.4, 0.5) is 0 Å². The third-order valence-electron chi connectivity index (χ3n) is 4.05. The van der Waals surface area contributed by atoms with Crippen molar-refractivity contribution in [3.05, 3.63) is 0 Å². The molecule has 1 heterocycles. The van der Waals surface area contributed by atoms with Crippen molar-refractivity contribution < 1.29 is 4.74 Å². The zero-order valence-corrected chi connectivity index (χ0v) is 11.5. The van der Waals surface area contributed by atoms with E-state index in [0.717, 1.165) is 25.5 Å². The molecule has 0 aromatic carbocycles. The van der Waals surface area contributed by atoms with E-state index in [0.29, 0.717) is 6.04 Å². The molecule has 1 saturated heterocycles. The maximum Gasteiger partial charge on any atom is 0.0697 e. The largest absolute Gasteiger partial charge is 0.375 e. The minimum atomic E-state index is 0.153. The molecule has 2 heteroatoms. The first-order valence-corrected chi connectivity index (χ1v) is 7.03. The van der Waals surface area contributed by atoms with Gasteiger partial charge in [0.1, 0.15) is 0 Å². The zero-order valence-electron chi connectivity index (χ0n) is 11.5.